The van der Waals surface area contributed by atoms with E-state index in [1.54, 1.807) is 7.11 Å². The molecule has 7 heteroatoms. The summed E-state index contributed by atoms with van der Waals surface area (Å²) in [5, 5.41) is 7.32. The second-order valence-electron chi connectivity index (χ2n) is 9.10. The summed E-state index contributed by atoms with van der Waals surface area (Å²) >= 11 is 0. The number of pyridine rings is 1. The number of hydrogen-bond donors (Lipinski definition) is 2. The first-order valence-electron chi connectivity index (χ1n) is 12.1. The van der Waals surface area contributed by atoms with Crippen molar-refractivity contribution in [3.63, 3.8) is 0 Å². The zero-order chi connectivity index (χ0) is 23.5. The molecule has 0 radical (unpaired) electrons. The van der Waals surface area contributed by atoms with Crippen LogP contribution in [-0.4, -0.2) is 57.3 Å². The van der Waals surface area contributed by atoms with Crippen LogP contribution in [-0.2, 0) is 4.79 Å². The Morgan fingerprint density at radius 3 is 2.62 bits per heavy atom. The zero-order valence-corrected chi connectivity index (χ0v) is 19.8. The number of carbonyl (C=O) groups is 1. The minimum atomic E-state index is 0.0274. The Morgan fingerprint density at radius 2 is 1.88 bits per heavy atom. The number of likely N-dealkylation sites (N-methyl/N-ethyl adjacent to an activating group) is 1. The standard InChI is InChI=1S/C27H32N4O3/c1-28-12-14-34-21-7-3-18(4-8-21)24-16-26(23-10-9-22(33-2)15-25(23)30-24)31-13-11-19(17-31)27(32)29-20-5-6-20/h3-4,7-10,15-16,19-20,28H,5-6,11-14,17H2,1-2H3,(H,29,32)/t19-/m0/s1. The van der Waals surface area contributed by atoms with Gasteiger partial charge >= 0.3 is 0 Å². The van der Waals surface area contributed by atoms with E-state index in [1.807, 2.05) is 43.4 Å². The fraction of sp³-hybridized carbons (Fsp3) is 0.407. The highest BCUT2D eigenvalue weighted by atomic mass is 16.5. The molecule has 3 aromatic rings. The van der Waals surface area contributed by atoms with Crippen LogP contribution in [0.15, 0.2) is 48.5 Å². The number of ether oxygens (including phenoxy) is 2. The third-order valence-corrected chi connectivity index (χ3v) is 6.59. The average molecular weight is 461 g/mol. The van der Waals surface area contributed by atoms with Crippen LogP contribution >= 0.6 is 0 Å². The summed E-state index contributed by atoms with van der Waals surface area (Å²) in [5.74, 6) is 1.84. The molecule has 2 aromatic carbocycles. The predicted molar refractivity (Wildman–Crippen MR) is 135 cm³/mol. The SMILES string of the molecule is CNCCOc1ccc(-c2cc(N3CC[C@H](C(=O)NC4CC4)C3)c3ccc(OC)cc3n2)cc1. The smallest absolute Gasteiger partial charge is 0.225 e. The van der Waals surface area contributed by atoms with Crippen molar-refractivity contribution in [1.29, 1.82) is 0 Å². The van der Waals surface area contributed by atoms with Gasteiger partial charge in [-0.1, -0.05) is 0 Å². The highest BCUT2D eigenvalue weighted by molar-refractivity contribution is 5.95. The van der Waals surface area contributed by atoms with Crippen molar-refractivity contribution in [2.24, 2.45) is 5.92 Å². The third kappa shape index (κ3) is 4.94. The maximum absolute atomic E-state index is 12.7. The molecule has 2 fully saturated rings. The quantitative estimate of drug-likeness (QED) is 0.475. The first-order chi connectivity index (χ1) is 16.6. The van der Waals surface area contributed by atoms with Gasteiger partial charge in [-0.25, -0.2) is 4.98 Å². The minimum absolute atomic E-state index is 0.0274. The molecule has 2 aliphatic rings. The lowest BCUT2D eigenvalue weighted by molar-refractivity contribution is -0.124. The fourth-order valence-electron chi connectivity index (χ4n) is 4.46. The van der Waals surface area contributed by atoms with E-state index < -0.39 is 0 Å². The lowest BCUT2D eigenvalue weighted by Gasteiger charge is -2.22. The lowest BCUT2D eigenvalue weighted by atomic mass is 10.1. The number of anilines is 1. The molecule has 34 heavy (non-hydrogen) atoms. The van der Waals surface area contributed by atoms with Gasteiger partial charge in [0.15, 0.2) is 0 Å². The molecule has 5 rings (SSSR count). The van der Waals surface area contributed by atoms with Crippen LogP contribution in [0.4, 0.5) is 5.69 Å². The van der Waals surface area contributed by atoms with Crippen LogP contribution in [0.25, 0.3) is 22.2 Å². The normalized spacial score (nSPS) is 17.7. The molecule has 178 valence electrons. The van der Waals surface area contributed by atoms with Crippen LogP contribution < -0.4 is 25.0 Å². The van der Waals surface area contributed by atoms with Crippen molar-refractivity contribution < 1.29 is 14.3 Å². The van der Waals surface area contributed by atoms with Crippen LogP contribution in [0.2, 0.25) is 0 Å². The summed E-state index contributed by atoms with van der Waals surface area (Å²) in [7, 11) is 3.58. The molecule has 0 spiro atoms. The van der Waals surface area contributed by atoms with Crippen LogP contribution in [0, 0.1) is 5.92 Å². The van der Waals surface area contributed by atoms with E-state index in [1.165, 1.54) is 0 Å². The Morgan fingerprint density at radius 1 is 1.09 bits per heavy atom. The van der Waals surface area contributed by atoms with Gasteiger partial charge in [0.2, 0.25) is 5.91 Å². The maximum atomic E-state index is 12.7. The molecule has 1 aliphatic carbocycles. The number of nitrogens with one attached hydrogen (secondary N) is 2. The molecule has 1 aliphatic heterocycles. The van der Waals surface area contributed by atoms with E-state index in [-0.39, 0.29) is 11.8 Å². The summed E-state index contributed by atoms with van der Waals surface area (Å²) in [6.45, 7) is 3.00. The molecule has 0 bridgehead atoms. The Hall–Kier alpha value is -3.32. The van der Waals surface area contributed by atoms with Gasteiger partial charge < -0.3 is 25.0 Å². The van der Waals surface area contributed by atoms with Crippen molar-refractivity contribution in [3.8, 4) is 22.8 Å². The van der Waals surface area contributed by atoms with Crippen molar-refractivity contribution in [3.05, 3.63) is 48.5 Å². The van der Waals surface area contributed by atoms with Gasteiger partial charge in [-0.15, -0.1) is 0 Å². The second kappa shape index (κ2) is 9.89. The first kappa shape index (κ1) is 22.5. The average Bonchev–Trinajstić information content (AvgIpc) is 3.54. The number of carbonyl (C=O) groups excluding carboxylic acids is 1. The summed E-state index contributed by atoms with van der Waals surface area (Å²) in [6.07, 6.45) is 3.09. The molecular formula is C27H32N4O3. The Balaban J connectivity index is 1.44. The van der Waals surface area contributed by atoms with E-state index in [0.29, 0.717) is 12.6 Å². The lowest BCUT2D eigenvalue weighted by Crippen LogP contribution is -2.34. The molecule has 1 amide bonds. The Bertz CT molecular complexity index is 1160. The summed E-state index contributed by atoms with van der Waals surface area (Å²) in [6, 6.07) is 16.6. The van der Waals surface area contributed by atoms with Crippen LogP contribution in [0.3, 0.4) is 0 Å². The van der Waals surface area contributed by atoms with Gasteiger partial charge in [-0.2, -0.15) is 0 Å². The molecule has 1 saturated heterocycles. The molecule has 2 N–H and O–H groups in total. The van der Waals surface area contributed by atoms with E-state index in [9.17, 15) is 4.79 Å². The fourth-order valence-corrected chi connectivity index (χ4v) is 4.46. The third-order valence-electron chi connectivity index (χ3n) is 6.59. The van der Waals surface area contributed by atoms with E-state index in [0.717, 1.165) is 78.2 Å². The number of benzene rings is 2. The number of amides is 1. The molecule has 7 nitrogen and oxygen atoms in total. The first-order valence-corrected chi connectivity index (χ1v) is 12.1. The highest BCUT2D eigenvalue weighted by Gasteiger charge is 2.33. The second-order valence-corrected chi connectivity index (χ2v) is 9.10. The number of methoxy groups -OCH3 is 1. The Labute approximate surface area is 200 Å². The highest BCUT2D eigenvalue weighted by Crippen LogP contribution is 2.36. The van der Waals surface area contributed by atoms with Gasteiger partial charge in [0.1, 0.15) is 18.1 Å². The van der Waals surface area contributed by atoms with E-state index in [2.05, 4.69) is 27.7 Å². The molecule has 1 saturated carbocycles. The largest absolute Gasteiger partial charge is 0.497 e. The van der Waals surface area contributed by atoms with E-state index >= 15 is 0 Å². The zero-order valence-electron chi connectivity index (χ0n) is 19.8. The van der Waals surface area contributed by atoms with Gasteiger partial charge in [0.25, 0.3) is 0 Å². The molecule has 2 heterocycles. The summed E-state index contributed by atoms with van der Waals surface area (Å²) in [5.41, 5.74) is 3.91. The predicted octanol–water partition coefficient (Wildman–Crippen LogP) is 3.61. The van der Waals surface area contributed by atoms with Crippen molar-refractivity contribution in [2.75, 3.05) is 45.3 Å². The topological polar surface area (TPSA) is 75.7 Å². The number of rotatable bonds is 9. The van der Waals surface area contributed by atoms with Crippen LogP contribution in [0.1, 0.15) is 19.3 Å². The number of fused-ring (bicyclic) bond motifs is 1. The summed E-state index contributed by atoms with van der Waals surface area (Å²) in [4.78, 5) is 19.9. The molecular weight excluding hydrogens is 428 g/mol. The number of nitrogens with zero attached hydrogens (tertiary/aromatic N) is 2. The Kier molecular flexibility index (Phi) is 6.54. The molecule has 1 aromatic heterocycles. The van der Waals surface area contributed by atoms with Crippen molar-refractivity contribution in [2.45, 2.75) is 25.3 Å². The molecule has 0 unspecified atom stereocenters. The van der Waals surface area contributed by atoms with Gasteiger partial charge in [0, 0.05) is 48.4 Å². The minimum Gasteiger partial charge on any atom is -0.497 e. The molecule has 1 atom stereocenters. The monoisotopic (exact) mass is 460 g/mol. The van der Waals surface area contributed by atoms with Gasteiger partial charge in [-0.05, 0) is 68.8 Å². The summed E-state index contributed by atoms with van der Waals surface area (Å²) < 4.78 is 11.2. The van der Waals surface area contributed by atoms with Crippen LogP contribution in [0.5, 0.6) is 11.5 Å². The van der Waals surface area contributed by atoms with Crippen molar-refractivity contribution in [1.82, 2.24) is 15.6 Å². The van der Waals surface area contributed by atoms with E-state index in [4.69, 9.17) is 14.5 Å². The maximum Gasteiger partial charge on any atom is 0.225 e. The van der Waals surface area contributed by atoms with Crippen molar-refractivity contribution >= 4 is 22.5 Å². The van der Waals surface area contributed by atoms with Gasteiger partial charge in [-0.3, -0.25) is 4.79 Å². The number of hydrogen-bond acceptors (Lipinski definition) is 6. The number of aromatic nitrogens is 1. The van der Waals surface area contributed by atoms with Gasteiger partial charge in [0.05, 0.1) is 24.2 Å².